The van der Waals surface area contributed by atoms with E-state index in [1.165, 1.54) is 0 Å². The first-order chi connectivity index (χ1) is 12.2. The Balaban J connectivity index is 1.83. The second-order valence-corrected chi connectivity index (χ2v) is 6.64. The van der Waals surface area contributed by atoms with Crippen LogP contribution in [0.3, 0.4) is 0 Å². The molecule has 1 N–H and O–H groups in total. The van der Waals surface area contributed by atoms with Crippen molar-refractivity contribution in [2.75, 3.05) is 40.0 Å². The smallest absolute Gasteiger partial charge is 0.194 e. The molecular weight excluding hydrogens is 338 g/mol. The van der Waals surface area contributed by atoms with Crippen molar-refractivity contribution in [3.63, 3.8) is 0 Å². The lowest BCUT2D eigenvalue weighted by molar-refractivity contribution is 0.00990. The van der Waals surface area contributed by atoms with Gasteiger partial charge in [-0.15, -0.1) is 0 Å². The standard InChI is InChI=1S/C19H30ClN3O2/c1-3-21-19(22-15-16-6-4-7-17(20)14-16)23-10-8-18(9-11-23)25-13-5-12-24-2/h4,6-7,14,18H,3,5,8-13,15H2,1-2H3,(H,21,22). The van der Waals surface area contributed by atoms with Gasteiger partial charge in [0, 0.05) is 45.0 Å². The first-order valence-corrected chi connectivity index (χ1v) is 9.49. The molecule has 6 heteroatoms. The molecule has 0 aromatic heterocycles. The van der Waals surface area contributed by atoms with Crippen LogP contribution < -0.4 is 5.32 Å². The molecule has 0 aliphatic carbocycles. The summed E-state index contributed by atoms with van der Waals surface area (Å²) in [5, 5.41) is 4.15. The molecule has 1 aliphatic heterocycles. The number of piperidine rings is 1. The zero-order chi connectivity index (χ0) is 17.9. The van der Waals surface area contributed by atoms with Crippen molar-refractivity contribution in [2.45, 2.75) is 38.8 Å². The van der Waals surface area contributed by atoms with Crippen LogP contribution in [0.2, 0.25) is 5.02 Å². The van der Waals surface area contributed by atoms with Crippen molar-refractivity contribution >= 4 is 17.6 Å². The minimum Gasteiger partial charge on any atom is -0.385 e. The summed E-state index contributed by atoms with van der Waals surface area (Å²) in [5.41, 5.74) is 1.12. The highest BCUT2D eigenvalue weighted by Crippen LogP contribution is 2.15. The zero-order valence-electron chi connectivity index (χ0n) is 15.3. The lowest BCUT2D eigenvalue weighted by atomic mass is 10.1. The number of benzene rings is 1. The van der Waals surface area contributed by atoms with Gasteiger partial charge in [0.25, 0.3) is 0 Å². The summed E-state index contributed by atoms with van der Waals surface area (Å²) in [5.74, 6) is 0.973. The molecule has 1 aliphatic rings. The maximum Gasteiger partial charge on any atom is 0.194 e. The molecule has 1 aromatic rings. The Kier molecular flexibility index (Phi) is 9.08. The van der Waals surface area contributed by atoms with E-state index < -0.39 is 0 Å². The van der Waals surface area contributed by atoms with Crippen LogP contribution in [0.4, 0.5) is 0 Å². The lowest BCUT2D eigenvalue weighted by Gasteiger charge is -2.34. The number of guanidine groups is 1. The predicted molar refractivity (Wildman–Crippen MR) is 103 cm³/mol. The highest BCUT2D eigenvalue weighted by molar-refractivity contribution is 6.30. The molecule has 1 heterocycles. The molecule has 2 rings (SSSR count). The van der Waals surface area contributed by atoms with Crippen LogP contribution in [-0.2, 0) is 16.0 Å². The first-order valence-electron chi connectivity index (χ1n) is 9.11. The summed E-state index contributed by atoms with van der Waals surface area (Å²) in [6.07, 6.45) is 3.38. The van der Waals surface area contributed by atoms with Gasteiger partial charge >= 0.3 is 0 Å². The highest BCUT2D eigenvalue weighted by Gasteiger charge is 2.21. The number of nitrogens with one attached hydrogen (secondary N) is 1. The molecule has 140 valence electrons. The van der Waals surface area contributed by atoms with E-state index in [4.69, 9.17) is 26.1 Å². The third kappa shape index (κ3) is 7.22. The fourth-order valence-electron chi connectivity index (χ4n) is 2.91. The van der Waals surface area contributed by atoms with Gasteiger partial charge in [-0.05, 0) is 43.9 Å². The maximum absolute atomic E-state index is 6.05. The molecular formula is C19H30ClN3O2. The van der Waals surface area contributed by atoms with E-state index in [9.17, 15) is 0 Å². The molecule has 5 nitrogen and oxygen atoms in total. The Hall–Kier alpha value is -1.30. The molecule has 0 saturated carbocycles. The molecule has 1 saturated heterocycles. The maximum atomic E-state index is 6.05. The fraction of sp³-hybridized carbons (Fsp3) is 0.632. The van der Waals surface area contributed by atoms with Crippen LogP contribution >= 0.6 is 11.6 Å². The van der Waals surface area contributed by atoms with Crippen molar-refractivity contribution in [1.82, 2.24) is 10.2 Å². The van der Waals surface area contributed by atoms with Gasteiger partial charge in [-0.2, -0.15) is 0 Å². The van der Waals surface area contributed by atoms with Gasteiger partial charge in [0.05, 0.1) is 12.6 Å². The normalized spacial score (nSPS) is 16.3. The highest BCUT2D eigenvalue weighted by atomic mass is 35.5. The van der Waals surface area contributed by atoms with E-state index >= 15 is 0 Å². The largest absolute Gasteiger partial charge is 0.385 e. The monoisotopic (exact) mass is 367 g/mol. The summed E-state index contributed by atoms with van der Waals surface area (Å²) in [6.45, 7) is 7.08. The molecule has 0 atom stereocenters. The number of methoxy groups -OCH3 is 1. The van der Waals surface area contributed by atoms with Gasteiger partial charge < -0.3 is 19.7 Å². The first kappa shape index (κ1) is 20.0. The van der Waals surface area contributed by atoms with Crippen LogP contribution in [0.25, 0.3) is 0 Å². The van der Waals surface area contributed by atoms with Gasteiger partial charge in [0.1, 0.15) is 0 Å². The van der Waals surface area contributed by atoms with Crippen molar-refractivity contribution in [2.24, 2.45) is 4.99 Å². The van der Waals surface area contributed by atoms with E-state index in [2.05, 4.69) is 23.2 Å². The van der Waals surface area contributed by atoms with Crippen LogP contribution in [0.1, 0.15) is 31.7 Å². The summed E-state index contributed by atoms with van der Waals surface area (Å²) in [7, 11) is 1.73. The Bertz CT molecular complexity index is 531. The second kappa shape index (κ2) is 11.3. The number of halogens is 1. The van der Waals surface area contributed by atoms with Gasteiger partial charge in [-0.3, -0.25) is 0 Å². The minimum absolute atomic E-state index is 0.351. The second-order valence-electron chi connectivity index (χ2n) is 6.20. The molecule has 1 aromatic carbocycles. The summed E-state index contributed by atoms with van der Waals surface area (Å²) >= 11 is 6.05. The quantitative estimate of drug-likeness (QED) is 0.435. The van der Waals surface area contributed by atoms with Crippen molar-refractivity contribution in [3.05, 3.63) is 34.9 Å². The van der Waals surface area contributed by atoms with Gasteiger partial charge in [0.15, 0.2) is 5.96 Å². The van der Waals surface area contributed by atoms with Crippen molar-refractivity contribution < 1.29 is 9.47 Å². The number of hydrogen-bond acceptors (Lipinski definition) is 3. The van der Waals surface area contributed by atoms with E-state index in [0.29, 0.717) is 12.6 Å². The molecule has 0 bridgehead atoms. The van der Waals surface area contributed by atoms with Crippen LogP contribution in [0.5, 0.6) is 0 Å². The molecule has 1 fully saturated rings. The van der Waals surface area contributed by atoms with E-state index in [1.54, 1.807) is 7.11 Å². The fourth-order valence-corrected chi connectivity index (χ4v) is 3.13. The number of nitrogens with zero attached hydrogens (tertiary/aromatic N) is 2. The molecule has 0 amide bonds. The summed E-state index contributed by atoms with van der Waals surface area (Å²) < 4.78 is 11.0. The van der Waals surface area contributed by atoms with Gasteiger partial charge in [-0.25, -0.2) is 4.99 Å². The van der Waals surface area contributed by atoms with E-state index in [0.717, 1.165) is 68.7 Å². The topological polar surface area (TPSA) is 46.1 Å². The molecule has 0 unspecified atom stereocenters. The van der Waals surface area contributed by atoms with Crippen molar-refractivity contribution in [3.8, 4) is 0 Å². The number of ether oxygens (including phenoxy) is 2. The van der Waals surface area contributed by atoms with E-state index in [-0.39, 0.29) is 0 Å². The minimum atomic E-state index is 0.351. The number of hydrogen-bond donors (Lipinski definition) is 1. The average Bonchev–Trinajstić information content (AvgIpc) is 2.63. The van der Waals surface area contributed by atoms with Gasteiger partial charge in [-0.1, -0.05) is 23.7 Å². The lowest BCUT2D eigenvalue weighted by Crippen LogP contribution is -2.47. The third-order valence-electron chi connectivity index (χ3n) is 4.22. The zero-order valence-corrected chi connectivity index (χ0v) is 16.1. The Morgan fingerprint density at radius 3 is 2.80 bits per heavy atom. The van der Waals surface area contributed by atoms with Crippen LogP contribution in [-0.4, -0.2) is 56.9 Å². The van der Waals surface area contributed by atoms with E-state index in [1.807, 2.05) is 18.2 Å². The number of rotatable bonds is 8. The SMILES string of the molecule is CCNC(=NCc1cccc(Cl)c1)N1CCC(OCCCOC)CC1. The summed E-state index contributed by atoms with van der Waals surface area (Å²) in [6, 6.07) is 7.87. The molecule has 25 heavy (non-hydrogen) atoms. The summed E-state index contributed by atoms with van der Waals surface area (Å²) in [4.78, 5) is 7.10. The average molecular weight is 368 g/mol. The number of aliphatic imine (C=N–C) groups is 1. The van der Waals surface area contributed by atoms with Crippen LogP contribution in [0, 0.1) is 0 Å². The number of likely N-dealkylation sites (tertiary alicyclic amines) is 1. The third-order valence-corrected chi connectivity index (χ3v) is 4.46. The molecule has 0 radical (unpaired) electrons. The Morgan fingerprint density at radius 2 is 2.12 bits per heavy atom. The Labute approximate surface area is 156 Å². The Morgan fingerprint density at radius 1 is 1.32 bits per heavy atom. The van der Waals surface area contributed by atoms with Gasteiger partial charge in [0.2, 0.25) is 0 Å². The van der Waals surface area contributed by atoms with Crippen molar-refractivity contribution in [1.29, 1.82) is 0 Å². The van der Waals surface area contributed by atoms with Crippen LogP contribution in [0.15, 0.2) is 29.3 Å². The predicted octanol–water partition coefficient (Wildman–Crippen LogP) is 3.32. The molecule has 0 spiro atoms.